The number of carbonyl (C=O) groups excluding carboxylic acids is 1. The molecule has 0 bridgehead atoms. The molecule has 6 rings (SSSR count). The van der Waals surface area contributed by atoms with Crippen molar-refractivity contribution in [1.82, 2.24) is 29.0 Å². The van der Waals surface area contributed by atoms with Crippen LogP contribution in [0.1, 0.15) is 58.6 Å². The van der Waals surface area contributed by atoms with Gasteiger partial charge in [0.25, 0.3) is 12.3 Å². The van der Waals surface area contributed by atoms with E-state index >= 15 is 0 Å². The number of hydrogen-bond donors (Lipinski definition) is 2. The van der Waals surface area contributed by atoms with Crippen molar-refractivity contribution in [3.05, 3.63) is 87.3 Å². The number of fused-ring (bicyclic) bond motifs is 2. The topological polar surface area (TPSA) is 133 Å². The van der Waals surface area contributed by atoms with Crippen LogP contribution in [0.3, 0.4) is 0 Å². The first kappa shape index (κ1) is 35.4. The number of alkyl halides is 2. The van der Waals surface area contributed by atoms with Gasteiger partial charge >= 0.3 is 11.7 Å². The molecule has 0 aliphatic heterocycles. The molecule has 0 saturated heterocycles. The van der Waals surface area contributed by atoms with E-state index in [0.717, 1.165) is 17.8 Å². The summed E-state index contributed by atoms with van der Waals surface area (Å²) in [5, 5.41) is 13.5. The first-order valence-corrected chi connectivity index (χ1v) is 20.6. The molecule has 2 N–H and O–H groups in total. The quantitative estimate of drug-likeness (QED) is 0.103. The summed E-state index contributed by atoms with van der Waals surface area (Å²) >= 11 is 5.93. The highest BCUT2D eigenvalue weighted by atomic mass is 35.5. The van der Waals surface area contributed by atoms with Gasteiger partial charge in [-0.3, -0.25) is 23.5 Å². The first-order chi connectivity index (χ1) is 23.8. The van der Waals surface area contributed by atoms with Crippen LogP contribution in [0.2, 0.25) is 30.7 Å². The minimum atomic E-state index is -2.91. The average Bonchev–Trinajstić information content (AvgIpc) is 3.57. The number of nitrogens with one attached hydrogen (secondary N) is 1. The highest BCUT2D eigenvalue weighted by Gasteiger charge is 2.28. The molecule has 4 heterocycles. The molecule has 1 saturated carbocycles. The number of amides is 1. The zero-order chi connectivity index (χ0) is 35.7. The van der Waals surface area contributed by atoms with Crippen LogP contribution in [0, 0.1) is 5.92 Å². The molecule has 1 aromatic carbocycles. The molecular weight excluding hydrogens is 686 g/mol. The predicted molar refractivity (Wildman–Crippen MR) is 189 cm³/mol. The summed E-state index contributed by atoms with van der Waals surface area (Å²) < 4.78 is 37.7. The van der Waals surface area contributed by atoms with E-state index in [1.807, 2.05) is 24.3 Å². The van der Waals surface area contributed by atoms with Crippen LogP contribution in [-0.2, 0) is 18.0 Å². The highest BCUT2D eigenvalue weighted by Crippen LogP contribution is 2.29. The number of carboxylic acids is 1. The van der Waals surface area contributed by atoms with Crippen LogP contribution >= 0.6 is 11.6 Å². The number of para-hydroxylation sites is 2. The molecule has 1 amide bonds. The summed E-state index contributed by atoms with van der Waals surface area (Å²) in [6.45, 7) is 7.78. The fraction of sp³-hybridized carbons (Fsp3) is 0.400. The lowest BCUT2D eigenvalue weighted by Crippen LogP contribution is -2.39. The molecule has 0 unspecified atom stereocenters. The predicted octanol–water partition coefficient (Wildman–Crippen LogP) is 7.13. The van der Waals surface area contributed by atoms with E-state index in [1.165, 1.54) is 6.07 Å². The van der Waals surface area contributed by atoms with E-state index in [2.05, 4.69) is 34.9 Å². The van der Waals surface area contributed by atoms with Crippen molar-refractivity contribution in [3.63, 3.8) is 0 Å². The van der Waals surface area contributed by atoms with Gasteiger partial charge in [0, 0.05) is 38.9 Å². The molecule has 50 heavy (non-hydrogen) atoms. The minimum absolute atomic E-state index is 0.0536. The van der Waals surface area contributed by atoms with E-state index in [1.54, 1.807) is 32.0 Å². The number of aromatic nitrogens is 5. The number of benzene rings is 1. The van der Waals surface area contributed by atoms with Crippen LogP contribution in [0.5, 0.6) is 0 Å². The van der Waals surface area contributed by atoms with Gasteiger partial charge in [-0.15, -0.1) is 0 Å². The van der Waals surface area contributed by atoms with E-state index in [9.17, 15) is 28.3 Å². The summed E-state index contributed by atoms with van der Waals surface area (Å²) in [7, 11) is -1.32. The van der Waals surface area contributed by atoms with Crippen molar-refractivity contribution >= 4 is 53.6 Å². The van der Waals surface area contributed by atoms with Gasteiger partial charge in [-0.05, 0) is 68.0 Å². The molecule has 4 aromatic heterocycles. The van der Waals surface area contributed by atoms with E-state index in [0.29, 0.717) is 61.1 Å². The van der Waals surface area contributed by atoms with Crippen LogP contribution in [0.25, 0.3) is 27.8 Å². The number of imidazole rings is 1. The fourth-order valence-electron chi connectivity index (χ4n) is 6.55. The number of carboxylic acid groups (broad SMARTS) is 1. The lowest BCUT2D eigenvalue weighted by atomic mass is 9.85. The maximum Gasteiger partial charge on any atom is 0.352 e. The number of aromatic carboxylic acids is 1. The second kappa shape index (κ2) is 14.4. The van der Waals surface area contributed by atoms with Gasteiger partial charge in [-0.2, -0.15) is 0 Å². The molecule has 11 nitrogen and oxygen atoms in total. The van der Waals surface area contributed by atoms with Crippen molar-refractivity contribution in [2.75, 3.05) is 6.61 Å². The summed E-state index contributed by atoms with van der Waals surface area (Å²) in [6, 6.07) is 12.7. The van der Waals surface area contributed by atoms with Crippen LogP contribution in [0.15, 0.2) is 59.7 Å². The minimum Gasteiger partial charge on any atom is -0.477 e. The summed E-state index contributed by atoms with van der Waals surface area (Å²) in [6.07, 6.45) is 2.43. The van der Waals surface area contributed by atoms with Crippen molar-refractivity contribution in [3.8, 4) is 5.69 Å². The summed E-state index contributed by atoms with van der Waals surface area (Å²) in [5.41, 5.74) is 1.38. The largest absolute Gasteiger partial charge is 0.477 e. The van der Waals surface area contributed by atoms with Crippen molar-refractivity contribution < 1.29 is 28.2 Å². The average molecular weight is 725 g/mol. The van der Waals surface area contributed by atoms with Gasteiger partial charge in [0.05, 0.1) is 33.5 Å². The lowest BCUT2D eigenvalue weighted by molar-refractivity contribution is 0.0629. The van der Waals surface area contributed by atoms with E-state index < -0.39 is 32.1 Å². The zero-order valence-corrected chi connectivity index (χ0v) is 29.8. The number of pyridine rings is 2. The number of rotatable bonds is 12. The van der Waals surface area contributed by atoms with Crippen molar-refractivity contribution in [2.24, 2.45) is 5.92 Å². The number of nitrogens with zero attached hydrogens (tertiary/aromatic N) is 5. The van der Waals surface area contributed by atoms with Gasteiger partial charge in [0.1, 0.15) is 23.8 Å². The number of halogens is 3. The van der Waals surface area contributed by atoms with E-state index in [-0.39, 0.29) is 40.7 Å². The Morgan fingerprint density at radius 3 is 2.44 bits per heavy atom. The second-order valence-electron chi connectivity index (χ2n) is 14.0. The smallest absolute Gasteiger partial charge is 0.352 e. The Labute approximate surface area is 292 Å². The van der Waals surface area contributed by atoms with Gasteiger partial charge in [-0.25, -0.2) is 23.4 Å². The van der Waals surface area contributed by atoms with Crippen LogP contribution < -0.4 is 11.0 Å². The third kappa shape index (κ3) is 7.52. The number of ether oxygens (including phenoxy) is 1. The zero-order valence-electron chi connectivity index (χ0n) is 28.0. The maximum absolute atomic E-state index is 14.1. The Kier molecular flexibility index (Phi) is 10.2. The van der Waals surface area contributed by atoms with Crippen LogP contribution in [-0.4, -0.2) is 61.4 Å². The molecule has 1 fully saturated rings. The molecule has 0 atom stereocenters. The molecule has 1 aliphatic rings. The standard InChI is InChI=1S/C35H39ClF2N6O5Si/c1-50(2,3)13-12-49-20-43-29(34(46)47)15-22-14-25(18-40-32(22)43)44-28-7-5-4-6-27(28)42(35(44)48)19-21-8-10-24(11-9-21)41-33(45)26-16-23(36)17-39-30(26)31(37)38/h4-7,14-18,21,24,31H,8-13,19-20H2,1-3H3,(H,41,45)(H,46,47). The summed E-state index contributed by atoms with van der Waals surface area (Å²) in [5.74, 6) is -1.59. The van der Waals surface area contributed by atoms with Gasteiger partial charge in [-0.1, -0.05) is 43.4 Å². The SMILES string of the molecule is C[Si](C)(C)CCOCn1c(C(=O)O)cc2cc(-n3c(=O)n(CC4CCC(NC(=O)c5cc(Cl)cnc5C(F)F)CC4)c4ccccc43)cnc21. The van der Waals surface area contributed by atoms with Gasteiger partial charge in [0.2, 0.25) is 0 Å². The Bertz CT molecular complexity index is 2120. The molecule has 1 aliphatic carbocycles. The Balaban J connectivity index is 1.20. The van der Waals surface area contributed by atoms with Crippen LogP contribution in [0.4, 0.5) is 8.78 Å². The van der Waals surface area contributed by atoms with Crippen molar-refractivity contribution in [1.29, 1.82) is 0 Å². The molecule has 5 aromatic rings. The third-order valence-electron chi connectivity index (χ3n) is 9.21. The monoisotopic (exact) mass is 724 g/mol. The highest BCUT2D eigenvalue weighted by molar-refractivity contribution is 6.76. The Hall–Kier alpha value is -4.40. The van der Waals surface area contributed by atoms with Crippen molar-refractivity contribution in [2.45, 2.75) is 77.1 Å². The molecule has 0 radical (unpaired) electrons. The molecule has 264 valence electrons. The van der Waals surface area contributed by atoms with Gasteiger partial charge in [0.15, 0.2) is 0 Å². The Morgan fingerprint density at radius 2 is 1.76 bits per heavy atom. The molecule has 15 heteroatoms. The first-order valence-electron chi connectivity index (χ1n) is 16.6. The number of hydrogen-bond acceptors (Lipinski definition) is 6. The summed E-state index contributed by atoms with van der Waals surface area (Å²) in [4.78, 5) is 47.3. The molecular formula is C35H39ClF2N6O5Si. The normalized spacial score (nSPS) is 16.8. The molecule has 0 spiro atoms. The number of carbonyl (C=O) groups is 2. The van der Waals surface area contributed by atoms with E-state index in [4.69, 9.17) is 16.3 Å². The lowest BCUT2D eigenvalue weighted by Gasteiger charge is -2.29. The van der Waals surface area contributed by atoms with Gasteiger partial charge < -0.3 is 15.2 Å². The Morgan fingerprint density at radius 1 is 1.04 bits per heavy atom. The second-order valence-corrected chi connectivity index (χ2v) is 20.1. The third-order valence-corrected chi connectivity index (χ3v) is 11.1. The maximum atomic E-state index is 14.1. The fourth-order valence-corrected chi connectivity index (χ4v) is 7.46.